The minimum atomic E-state index is -0.208. The molecular formula is C32H37N3O6. The summed E-state index contributed by atoms with van der Waals surface area (Å²) >= 11 is 0. The first-order chi connectivity index (χ1) is 20.1. The number of ether oxygens (including phenoxy) is 4. The number of anilines is 1. The third-order valence-corrected chi connectivity index (χ3v) is 7.26. The zero-order valence-electron chi connectivity index (χ0n) is 23.4. The molecule has 0 unspecified atom stereocenters. The van der Waals surface area contributed by atoms with Crippen molar-refractivity contribution in [2.24, 2.45) is 0 Å². The van der Waals surface area contributed by atoms with Crippen LogP contribution in [0, 0.1) is 0 Å². The lowest BCUT2D eigenvalue weighted by atomic mass is 10.0. The zero-order valence-corrected chi connectivity index (χ0v) is 23.4. The lowest BCUT2D eigenvalue weighted by Crippen LogP contribution is -2.37. The fraction of sp³-hybridized carbons (Fsp3) is 0.375. The van der Waals surface area contributed by atoms with Crippen molar-refractivity contribution >= 4 is 17.5 Å². The summed E-state index contributed by atoms with van der Waals surface area (Å²) in [6.07, 6.45) is 5.36. The number of methoxy groups -OCH3 is 1. The molecule has 0 aromatic heterocycles. The molecule has 0 bridgehead atoms. The Balaban J connectivity index is 1.33. The highest BCUT2D eigenvalue weighted by atomic mass is 16.7. The van der Waals surface area contributed by atoms with Gasteiger partial charge in [0.1, 0.15) is 5.75 Å². The van der Waals surface area contributed by atoms with E-state index < -0.39 is 0 Å². The van der Waals surface area contributed by atoms with Gasteiger partial charge in [-0.25, -0.2) is 0 Å². The quantitative estimate of drug-likeness (QED) is 0.428. The van der Waals surface area contributed by atoms with E-state index in [9.17, 15) is 9.59 Å². The van der Waals surface area contributed by atoms with Gasteiger partial charge in [0.15, 0.2) is 18.1 Å². The van der Waals surface area contributed by atoms with Crippen molar-refractivity contribution in [3.63, 3.8) is 0 Å². The first-order valence-electron chi connectivity index (χ1n) is 14.2. The summed E-state index contributed by atoms with van der Waals surface area (Å²) in [4.78, 5) is 28.5. The molecule has 0 aliphatic carbocycles. The third kappa shape index (κ3) is 7.29. The lowest BCUT2D eigenvalue weighted by Gasteiger charge is -2.26. The van der Waals surface area contributed by atoms with E-state index >= 15 is 0 Å². The van der Waals surface area contributed by atoms with Crippen LogP contribution in [0.15, 0.2) is 60.7 Å². The van der Waals surface area contributed by atoms with Crippen molar-refractivity contribution in [1.29, 1.82) is 0 Å². The summed E-state index contributed by atoms with van der Waals surface area (Å²) in [7, 11) is 1.57. The van der Waals surface area contributed by atoms with E-state index in [1.54, 1.807) is 13.2 Å². The highest BCUT2D eigenvalue weighted by Crippen LogP contribution is 2.41. The molecule has 2 aliphatic rings. The molecule has 0 atom stereocenters. The highest BCUT2D eigenvalue weighted by molar-refractivity contribution is 5.98. The van der Waals surface area contributed by atoms with Gasteiger partial charge in [0.25, 0.3) is 11.8 Å². The van der Waals surface area contributed by atoms with Gasteiger partial charge in [-0.2, -0.15) is 0 Å². The topological polar surface area (TPSA) is 98.4 Å². The Kier molecular flexibility index (Phi) is 9.59. The number of carbonyl (C=O) groups is 2. The monoisotopic (exact) mass is 559 g/mol. The fourth-order valence-corrected chi connectivity index (χ4v) is 5.09. The second kappa shape index (κ2) is 13.9. The van der Waals surface area contributed by atoms with Crippen molar-refractivity contribution in [3.05, 3.63) is 77.4 Å². The largest absolute Gasteiger partial charge is 0.493 e. The maximum Gasteiger partial charge on any atom is 0.264 e. The SMILES string of the molecule is COc1cc(CNC(=O)c2ccc3c(c2)CNCCCCCCCN3C(=O)COc2ccccc2)cc2c1OCO2. The van der Waals surface area contributed by atoms with Crippen molar-refractivity contribution in [3.8, 4) is 23.0 Å². The summed E-state index contributed by atoms with van der Waals surface area (Å²) in [6.45, 7) is 2.41. The van der Waals surface area contributed by atoms with Crippen LogP contribution in [0.4, 0.5) is 5.69 Å². The first-order valence-corrected chi connectivity index (χ1v) is 14.2. The molecule has 0 saturated heterocycles. The molecule has 9 heteroatoms. The molecule has 3 aromatic carbocycles. The minimum absolute atomic E-state index is 0.0574. The van der Waals surface area contributed by atoms with Gasteiger partial charge in [0, 0.05) is 30.9 Å². The summed E-state index contributed by atoms with van der Waals surface area (Å²) in [5.74, 6) is 2.07. The highest BCUT2D eigenvalue weighted by Gasteiger charge is 2.22. The molecule has 2 aliphatic heterocycles. The van der Waals surface area contributed by atoms with Crippen molar-refractivity contribution < 1.29 is 28.5 Å². The van der Waals surface area contributed by atoms with E-state index in [0.717, 1.165) is 55.5 Å². The molecule has 9 nitrogen and oxygen atoms in total. The van der Waals surface area contributed by atoms with E-state index in [1.165, 1.54) is 0 Å². The summed E-state index contributed by atoms with van der Waals surface area (Å²) in [5, 5.41) is 6.49. The predicted molar refractivity (Wildman–Crippen MR) is 156 cm³/mol. The molecule has 0 fully saturated rings. The Bertz CT molecular complexity index is 1350. The number of amides is 2. The third-order valence-electron chi connectivity index (χ3n) is 7.26. The molecular weight excluding hydrogens is 522 g/mol. The summed E-state index contributed by atoms with van der Waals surface area (Å²) in [5.41, 5.74) is 3.06. The first kappa shape index (κ1) is 28.3. The van der Waals surface area contributed by atoms with Crippen LogP contribution >= 0.6 is 0 Å². The Morgan fingerprint density at radius 2 is 1.80 bits per heavy atom. The summed E-state index contributed by atoms with van der Waals surface area (Å²) in [6, 6.07) is 18.6. The minimum Gasteiger partial charge on any atom is -0.493 e. The number of nitrogens with one attached hydrogen (secondary N) is 2. The van der Waals surface area contributed by atoms with Crippen LogP contribution in [0.3, 0.4) is 0 Å². The second-order valence-electron chi connectivity index (χ2n) is 10.1. The zero-order chi connectivity index (χ0) is 28.4. The summed E-state index contributed by atoms with van der Waals surface area (Å²) < 4.78 is 22.2. The van der Waals surface area contributed by atoms with Crippen LogP contribution in [-0.2, 0) is 17.9 Å². The average Bonchev–Trinajstić information content (AvgIpc) is 3.48. The van der Waals surface area contributed by atoms with Gasteiger partial charge in [-0.3, -0.25) is 9.59 Å². The van der Waals surface area contributed by atoms with Gasteiger partial charge in [0.2, 0.25) is 12.5 Å². The van der Waals surface area contributed by atoms with Gasteiger partial charge in [-0.05, 0) is 73.0 Å². The molecule has 41 heavy (non-hydrogen) atoms. The van der Waals surface area contributed by atoms with E-state index in [0.29, 0.717) is 48.2 Å². The van der Waals surface area contributed by atoms with Crippen LogP contribution in [0.2, 0.25) is 0 Å². The molecule has 0 spiro atoms. The molecule has 0 radical (unpaired) electrons. The number of para-hydroxylation sites is 1. The standard InChI is InChI=1S/C32H37N3O6/c1-38-28-16-23(17-29-31(28)41-22-40-29)19-34-32(37)24-12-13-27-25(18-24)20-33-14-8-3-2-4-9-15-35(27)30(36)21-39-26-10-6-5-7-11-26/h5-7,10-13,16-18,33H,2-4,8-9,14-15,19-22H2,1H3,(H,34,37). The van der Waals surface area contributed by atoms with Crippen LogP contribution in [0.1, 0.15) is 53.6 Å². The average molecular weight is 560 g/mol. The number of carbonyl (C=O) groups excluding carboxylic acids is 2. The molecule has 2 N–H and O–H groups in total. The molecule has 5 rings (SSSR count). The fourth-order valence-electron chi connectivity index (χ4n) is 5.09. The smallest absolute Gasteiger partial charge is 0.264 e. The van der Waals surface area contributed by atoms with Gasteiger partial charge < -0.3 is 34.5 Å². The Hall–Kier alpha value is -4.24. The van der Waals surface area contributed by atoms with Crippen LogP contribution in [-0.4, -0.2) is 45.4 Å². The normalized spacial score (nSPS) is 15.2. The van der Waals surface area contributed by atoms with Crippen molar-refractivity contribution in [2.45, 2.75) is 45.2 Å². The van der Waals surface area contributed by atoms with E-state index in [2.05, 4.69) is 10.6 Å². The number of nitrogens with zero attached hydrogens (tertiary/aromatic N) is 1. The van der Waals surface area contributed by atoms with Crippen molar-refractivity contribution in [1.82, 2.24) is 10.6 Å². The van der Waals surface area contributed by atoms with Crippen LogP contribution < -0.4 is 34.5 Å². The maximum atomic E-state index is 13.4. The molecule has 216 valence electrons. The van der Waals surface area contributed by atoms with Crippen molar-refractivity contribution in [2.75, 3.05) is 38.5 Å². The van der Waals surface area contributed by atoms with E-state index in [-0.39, 0.29) is 25.2 Å². The molecule has 3 aromatic rings. The van der Waals surface area contributed by atoms with Gasteiger partial charge in [-0.15, -0.1) is 0 Å². The Labute approximate surface area is 240 Å². The predicted octanol–water partition coefficient (Wildman–Crippen LogP) is 4.82. The Morgan fingerprint density at radius 3 is 2.66 bits per heavy atom. The van der Waals surface area contributed by atoms with Gasteiger partial charge in [-0.1, -0.05) is 37.5 Å². The number of fused-ring (bicyclic) bond motifs is 2. The molecule has 2 amide bonds. The molecule has 2 heterocycles. The second-order valence-corrected chi connectivity index (χ2v) is 10.1. The van der Waals surface area contributed by atoms with Gasteiger partial charge >= 0.3 is 0 Å². The van der Waals surface area contributed by atoms with E-state index in [4.69, 9.17) is 18.9 Å². The number of benzene rings is 3. The maximum absolute atomic E-state index is 13.4. The Morgan fingerprint density at radius 1 is 0.976 bits per heavy atom. The van der Waals surface area contributed by atoms with Gasteiger partial charge in [0.05, 0.1) is 7.11 Å². The number of rotatable bonds is 7. The molecule has 0 saturated carbocycles. The number of hydrogen-bond acceptors (Lipinski definition) is 7. The van der Waals surface area contributed by atoms with Crippen LogP contribution in [0.5, 0.6) is 23.0 Å². The van der Waals surface area contributed by atoms with E-state index in [1.807, 2.05) is 59.5 Å². The lowest BCUT2D eigenvalue weighted by molar-refractivity contribution is -0.120. The van der Waals surface area contributed by atoms with Crippen LogP contribution in [0.25, 0.3) is 0 Å². The number of hydrogen-bond donors (Lipinski definition) is 2.